The molecule has 0 saturated carbocycles. The van der Waals surface area contributed by atoms with E-state index in [1.807, 2.05) is 19.9 Å². The van der Waals surface area contributed by atoms with Crippen LogP contribution in [0.15, 0.2) is 54.6 Å². The molecule has 0 radical (unpaired) electrons. The molecule has 2 rings (SSSR count). The van der Waals surface area contributed by atoms with Crippen molar-refractivity contribution in [3.8, 4) is 5.75 Å². The van der Waals surface area contributed by atoms with Crippen LogP contribution in [0.4, 0.5) is 0 Å². The third kappa shape index (κ3) is 11.2. The number of hydrogen-bond acceptors (Lipinski definition) is 7. The summed E-state index contributed by atoms with van der Waals surface area (Å²) in [6.45, 7) is 3.11. The number of nitrogens with zero attached hydrogens (tertiary/aromatic N) is 2. The summed E-state index contributed by atoms with van der Waals surface area (Å²) in [7, 11) is 2.85. The predicted molar refractivity (Wildman–Crippen MR) is 158 cm³/mol. The molecule has 0 aliphatic rings. The number of likely N-dealkylation sites (N-methyl/N-ethyl adjacent to an activating group) is 2. The molecule has 0 aliphatic carbocycles. The standard InChI is InChI=1S/C30H42N6O6/c1-19(2)14-24(28(32)40)34-29(41)25(16-20-8-6-5-7-9-20)33-26(38)17-35(3)27(39)18-36(4)30(42)23(31)15-21-10-12-22(37)13-11-21/h5-13,19,23-25,37H,14-18,31H2,1-4H3,(H2,32,40)(H,33,38)(H,34,41)/t23-,24-,25-/m0/s1. The van der Waals surface area contributed by atoms with Crippen molar-refractivity contribution in [3.05, 3.63) is 65.7 Å². The second-order valence-electron chi connectivity index (χ2n) is 10.8. The fourth-order valence-corrected chi connectivity index (χ4v) is 4.25. The van der Waals surface area contributed by atoms with Gasteiger partial charge < -0.3 is 37.0 Å². The summed E-state index contributed by atoms with van der Waals surface area (Å²) in [6.07, 6.45) is 0.711. The number of nitrogens with two attached hydrogens (primary N) is 2. The summed E-state index contributed by atoms with van der Waals surface area (Å²) >= 11 is 0. The highest BCUT2D eigenvalue weighted by atomic mass is 16.3. The fourth-order valence-electron chi connectivity index (χ4n) is 4.25. The van der Waals surface area contributed by atoms with Gasteiger partial charge in [-0.25, -0.2) is 0 Å². The number of carbonyl (C=O) groups is 5. The van der Waals surface area contributed by atoms with Gasteiger partial charge in [-0.15, -0.1) is 0 Å². The van der Waals surface area contributed by atoms with Gasteiger partial charge in [-0.05, 0) is 42.0 Å². The minimum atomic E-state index is -1.03. The van der Waals surface area contributed by atoms with Crippen molar-refractivity contribution in [2.24, 2.45) is 17.4 Å². The third-order valence-electron chi connectivity index (χ3n) is 6.57. The van der Waals surface area contributed by atoms with Crippen LogP contribution in [0.3, 0.4) is 0 Å². The van der Waals surface area contributed by atoms with Gasteiger partial charge in [0.15, 0.2) is 0 Å². The highest BCUT2D eigenvalue weighted by Gasteiger charge is 2.28. The Morgan fingerprint density at radius 2 is 1.40 bits per heavy atom. The third-order valence-corrected chi connectivity index (χ3v) is 6.57. The van der Waals surface area contributed by atoms with Gasteiger partial charge in [0.2, 0.25) is 29.5 Å². The second kappa shape index (κ2) is 16.1. The maximum atomic E-state index is 13.1. The van der Waals surface area contributed by atoms with Crippen LogP contribution in [0.5, 0.6) is 5.75 Å². The molecule has 0 saturated heterocycles. The summed E-state index contributed by atoms with van der Waals surface area (Å²) < 4.78 is 0. The molecular formula is C30H42N6O6. The van der Waals surface area contributed by atoms with Crippen LogP contribution < -0.4 is 22.1 Å². The lowest BCUT2D eigenvalue weighted by atomic mass is 10.0. The Labute approximate surface area is 246 Å². The number of phenols is 1. The number of benzene rings is 2. The first kappa shape index (κ1) is 33.8. The maximum absolute atomic E-state index is 13.1. The lowest BCUT2D eigenvalue weighted by molar-refractivity contribution is -0.141. The van der Waals surface area contributed by atoms with Gasteiger partial charge in [-0.1, -0.05) is 56.3 Å². The number of hydrogen-bond donors (Lipinski definition) is 5. The van der Waals surface area contributed by atoms with Crippen molar-refractivity contribution in [1.82, 2.24) is 20.4 Å². The van der Waals surface area contributed by atoms with Gasteiger partial charge in [-0.3, -0.25) is 24.0 Å². The molecule has 12 heteroatoms. The van der Waals surface area contributed by atoms with Gasteiger partial charge in [0.25, 0.3) is 0 Å². The first-order valence-electron chi connectivity index (χ1n) is 13.7. The second-order valence-corrected chi connectivity index (χ2v) is 10.8. The number of primary amides is 1. The molecule has 0 aromatic heterocycles. The highest BCUT2D eigenvalue weighted by Crippen LogP contribution is 2.12. The first-order valence-corrected chi connectivity index (χ1v) is 13.7. The van der Waals surface area contributed by atoms with Crippen LogP contribution in [-0.2, 0) is 36.8 Å². The van der Waals surface area contributed by atoms with Crippen molar-refractivity contribution < 1.29 is 29.1 Å². The summed E-state index contributed by atoms with van der Waals surface area (Å²) in [6, 6.07) is 12.5. The van der Waals surface area contributed by atoms with Crippen LogP contribution in [0.1, 0.15) is 31.4 Å². The van der Waals surface area contributed by atoms with Crippen LogP contribution in [0.25, 0.3) is 0 Å². The Balaban J connectivity index is 1.99. The summed E-state index contributed by atoms with van der Waals surface area (Å²) in [5, 5.41) is 14.7. The fraction of sp³-hybridized carbons (Fsp3) is 0.433. The smallest absolute Gasteiger partial charge is 0.243 e. The molecule has 228 valence electrons. The molecule has 0 spiro atoms. The average molecular weight is 583 g/mol. The number of carbonyl (C=O) groups excluding carboxylic acids is 5. The van der Waals surface area contributed by atoms with E-state index in [2.05, 4.69) is 10.6 Å². The molecule has 7 N–H and O–H groups in total. The Morgan fingerprint density at radius 3 is 1.98 bits per heavy atom. The minimum absolute atomic E-state index is 0.0944. The average Bonchev–Trinajstić information content (AvgIpc) is 2.93. The van der Waals surface area contributed by atoms with Gasteiger partial charge in [0, 0.05) is 20.5 Å². The van der Waals surface area contributed by atoms with E-state index in [0.717, 1.165) is 16.0 Å². The molecule has 0 bridgehead atoms. The van der Waals surface area contributed by atoms with E-state index in [4.69, 9.17) is 11.5 Å². The minimum Gasteiger partial charge on any atom is -0.508 e. The van der Waals surface area contributed by atoms with Crippen LogP contribution in [0.2, 0.25) is 0 Å². The van der Waals surface area contributed by atoms with Gasteiger partial charge in [0.05, 0.1) is 19.1 Å². The van der Waals surface area contributed by atoms with E-state index in [-0.39, 0.29) is 37.6 Å². The van der Waals surface area contributed by atoms with Crippen LogP contribution >= 0.6 is 0 Å². The molecule has 0 heterocycles. The van der Waals surface area contributed by atoms with Crippen molar-refractivity contribution in [2.45, 2.75) is 51.2 Å². The lowest BCUT2D eigenvalue weighted by Crippen LogP contribution is -2.55. The zero-order valence-corrected chi connectivity index (χ0v) is 24.6. The van der Waals surface area contributed by atoms with Gasteiger partial charge in [0.1, 0.15) is 17.8 Å². The molecule has 42 heavy (non-hydrogen) atoms. The van der Waals surface area contributed by atoms with E-state index < -0.39 is 47.7 Å². The van der Waals surface area contributed by atoms with E-state index in [1.54, 1.807) is 36.4 Å². The molecule has 5 amide bonds. The lowest BCUT2D eigenvalue weighted by Gasteiger charge is -2.26. The van der Waals surface area contributed by atoms with Crippen LogP contribution in [-0.4, -0.2) is 89.8 Å². The zero-order valence-electron chi connectivity index (χ0n) is 24.6. The van der Waals surface area contributed by atoms with Gasteiger partial charge >= 0.3 is 0 Å². The van der Waals surface area contributed by atoms with Crippen molar-refractivity contribution in [3.63, 3.8) is 0 Å². The molecule has 3 atom stereocenters. The van der Waals surface area contributed by atoms with E-state index >= 15 is 0 Å². The summed E-state index contributed by atoms with van der Waals surface area (Å²) in [5.41, 5.74) is 13.1. The largest absolute Gasteiger partial charge is 0.508 e. The Morgan fingerprint density at radius 1 is 0.810 bits per heavy atom. The molecule has 0 unspecified atom stereocenters. The number of rotatable bonds is 15. The number of amides is 5. The molecule has 12 nitrogen and oxygen atoms in total. The summed E-state index contributed by atoms with van der Waals surface area (Å²) in [5.74, 6) is -2.61. The Bertz CT molecular complexity index is 1220. The van der Waals surface area contributed by atoms with Gasteiger partial charge in [-0.2, -0.15) is 0 Å². The molecule has 2 aromatic rings. The maximum Gasteiger partial charge on any atom is 0.243 e. The first-order chi connectivity index (χ1) is 19.8. The van der Waals surface area contributed by atoms with E-state index in [9.17, 15) is 29.1 Å². The molecular weight excluding hydrogens is 540 g/mol. The molecule has 0 aliphatic heterocycles. The Kier molecular flexibility index (Phi) is 12.9. The zero-order chi connectivity index (χ0) is 31.4. The monoisotopic (exact) mass is 582 g/mol. The Hall–Kier alpha value is -4.45. The highest BCUT2D eigenvalue weighted by molar-refractivity contribution is 5.93. The molecule has 2 aromatic carbocycles. The normalized spacial score (nSPS) is 13.0. The van der Waals surface area contributed by atoms with Crippen molar-refractivity contribution in [1.29, 1.82) is 0 Å². The van der Waals surface area contributed by atoms with E-state index in [1.165, 1.54) is 31.1 Å². The molecule has 0 fully saturated rings. The SMILES string of the molecule is CC(C)C[C@H](NC(=O)[C@H](Cc1ccccc1)NC(=O)CN(C)C(=O)CN(C)C(=O)[C@@H](N)Cc1ccc(O)cc1)C(N)=O. The van der Waals surface area contributed by atoms with Crippen molar-refractivity contribution >= 4 is 29.5 Å². The van der Waals surface area contributed by atoms with E-state index in [0.29, 0.717) is 6.42 Å². The predicted octanol–water partition coefficient (Wildman–Crippen LogP) is -0.0775. The van der Waals surface area contributed by atoms with Crippen LogP contribution in [0, 0.1) is 5.92 Å². The number of phenolic OH excluding ortho intramolecular Hbond substituents is 1. The summed E-state index contributed by atoms with van der Waals surface area (Å²) in [4.78, 5) is 65.8. The van der Waals surface area contributed by atoms with Crippen molar-refractivity contribution in [2.75, 3.05) is 27.2 Å². The quantitative estimate of drug-likeness (QED) is 0.194. The topological polar surface area (TPSA) is 188 Å². The number of nitrogens with one attached hydrogen (secondary N) is 2. The number of aromatic hydroxyl groups is 1.